The summed E-state index contributed by atoms with van der Waals surface area (Å²) < 4.78 is 0. The summed E-state index contributed by atoms with van der Waals surface area (Å²) >= 11 is 0. The Labute approximate surface area is 115 Å². The minimum absolute atomic E-state index is 0.880. The molecular formula is C14H23N5. The molecule has 1 saturated carbocycles. The van der Waals surface area contributed by atoms with Crippen molar-refractivity contribution in [1.29, 1.82) is 0 Å². The van der Waals surface area contributed by atoms with Gasteiger partial charge in [0.25, 0.3) is 0 Å². The van der Waals surface area contributed by atoms with Gasteiger partial charge in [-0.25, -0.2) is 4.98 Å². The molecule has 3 rings (SSSR count). The van der Waals surface area contributed by atoms with E-state index in [1.807, 2.05) is 6.20 Å². The standard InChI is InChI=1S/C14H23N5/c1-2-5-16-13-10-15-11-14(17-13)19-8-6-18(7-9-19)12-3-4-12/h10-12H,2-9H2,1H3,(H,16,17). The van der Waals surface area contributed by atoms with Gasteiger partial charge < -0.3 is 10.2 Å². The molecule has 0 bridgehead atoms. The minimum atomic E-state index is 0.880. The van der Waals surface area contributed by atoms with Crippen LogP contribution in [0.25, 0.3) is 0 Å². The fraction of sp³-hybridized carbons (Fsp3) is 0.714. The Morgan fingerprint density at radius 2 is 2.00 bits per heavy atom. The van der Waals surface area contributed by atoms with Crippen LogP contribution in [0.2, 0.25) is 0 Å². The highest BCUT2D eigenvalue weighted by Gasteiger charge is 2.31. The topological polar surface area (TPSA) is 44.3 Å². The summed E-state index contributed by atoms with van der Waals surface area (Å²) in [6, 6.07) is 0.880. The molecule has 0 unspecified atom stereocenters. The molecule has 104 valence electrons. The van der Waals surface area contributed by atoms with Gasteiger partial charge in [0.15, 0.2) is 0 Å². The number of aromatic nitrogens is 2. The average Bonchev–Trinajstić information content (AvgIpc) is 3.30. The van der Waals surface area contributed by atoms with Gasteiger partial charge in [0.1, 0.15) is 11.6 Å². The van der Waals surface area contributed by atoms with E-state index in [4.69, 9.17) is 0 Å². The van der Waals surface area contributed by atoms with Crippen LogP contribution in [0.4, 0.5) is 11.6 Å². The molecule has 2 fully saturated rings. The third kappa shape index (κ3) is 3.15. The molecule has 2 heterocycles. The van der Waals surface area contributed by atoms with Crippen molar-refractivity contribution >= 4 is 11.6 Å². The molecule has 1 aromatic rings. The van der Waals surface area contributed by atoms with E-state index in [-0.39, 0.29) is 0 Å². The number of piperazine rings is 1. The molecule has 1 saturated heterocycles. The monoisotopic (exact) mass is 261 g/mol. The van der Waals surface area contributed by atoms with Crippen molar-refractivity contribution in [1.82, 2.24) is 14.9 Å². The van der Waals surface area contributed by atoms with Gasteiger partial charge in [-0.05, 0) is 19.3 Å². The van der Waals surface area contributed by atoms with Crippen LogP contribution in [0.1, 0.15) is 26.2 Å². The van der Waals surface area contributed by atoms with Gasteiger partial charge in [0.05, 0.1) is 12.4 Å². The van der Waals surface area contributed by atoms with Crippen LogP contribution < -0.4 is 10.2 Å². The second kappa shape index (κ2) is 5.74. The third-order valence-electron chi connectivity index (χ3n) is 3.88. The van der Waals surface area contributed by atoms with Crippen LogP contribution in [-0.4, -0.2) is 53.6 Å². The Morgan fingerprint density at radius 1 is 1.21 bits per heavy atom. The van der Waals surface area contributed by atoms with E-state index in [1.165, 1.54) is 25.9 Å². The van der Waals surface area contributed by atoms with E-state index >= 15 is 0 Å². The maximum atomic E-state index is 4.65. The number of anilines is 2. The first-order valence-electron chi connectivity index (χ1n) is 7.41. The Hall–Kier alpha value is -1.36. The van der Waals surface area contributed by atoms with E-state index in [0.29, 0.717) is 0 Å². The average molecular weight is 261 g/mol. The molecule has 0 atom stereocenters. The van der Waals surface area contributed by atoms with Crippen LogP contribution in [-0.2, 0) is 0 Å². The number of nitrogens with one attached hydrogen (secondary N) is 1. The SMILES string of the molecule is CCCNc1cncc(N2CCN(C3CC3)CC2)n1. The van der Waals surface area contributed by atoms with Crippen LogP contribution in [0, 0.1) is 0 Å². The van der Waals surface area contributed by atoms with Crippen molar-refractivity contribution in [3.8, 4) is 0 Å². The predicted molar refractivity (Wildman–Crippen MR) is 77.6 cm³/mol. The molecule has 1 aromatic heterocycles. The molecule has 2 aliphatic rings. The number of rotatable bonds is 5. The summed E-state index contributed by atoms with van der Waals surface area (Å²) in [4.78, 5) is 13.9. The van der Waals surface area contributed by atoms with Crippen molar-refractivity contribution in [3.63, 3.8) is 0 Å². The third-order valence-corrected chi connectivity index (χ3v) is 3.88. The molecule has 1 aliphatic heterocycles. The normalized spacial score (nSPS) is 20.6. The second-order valence-corrected chi connectivity index (χ2v) is 5.44. The van der Waals surface area contributed by atoms with Gasteiger partial charge >= 0.3 is 0 Å². The summed E-state index contributed by atoms with van der Waals surface area (Å²) in [5.41, 5.74) is 0. The van der Waals surface area contributed by atoms with Crippen molar-refractivity contribution in [2.45, 2.75) is 32.2 Å². The first-order chi connectivity index (χ1) is 9.36. The lowest BCUT2D eigenvalue weighted by molar-refractivity contribution is 0.247. The zero-order chi connectivity index (χ0) is 13.1. The van der Waals surface area contributed by atoms with Gasteiger partial charge in [-0.2, -0.15) is 0 Å². The van der Waals surface area contributed by atoms with E-state index < -0.39 is 0 Å². The molecule has 0 aromatic carbocycles. The van der Waals surface area contributed by atoms with Crippen LogP contribution in [0.3, 0.4) is 0 Å². The van der Waals surface area contributed by atoms with E-state index in [0.717, 1.165) is 43.7 Å². The smallest absolute Gasteiger partial charge is 0.149 e. The predicted octanol–water partition coefficient (Wildman–Crippen LogP) is 1.58. The molecule has 5 heteroatoms. The minimum Gasteiger partial charge on any atom is -0.369 e. The summed E-state index contributed by atoms with van der Waals surface area (Å²) in [7, 11) is 0. The van der Waals surface area contributed by atoms with Crippen molar-refractivity contribution in [2.75, 3.05) is 42.9 Å². The Bertz CT molecular complexity index is 410. The zero-order valence-electron chi connectivity index (χ0n) is 11.7. The fourth-order valence-corrected chi connectivity index (χ4v) is 2.60. The number of hydrogen-bond acceptors (Lipinski definition) is 5. The molecule has 19 heavy (non-hydrogen) atoms. The molecule has 0 amide bonds. The fourth-order valence-electron chi connectivity index (χ4n) is 2.60. The van der Waals surface area contributed by atoms with E-state index in [2.05, 4.69) is 32.0 Å². The number of hydrogen-bond donors (Lipinski definition) is 1. The van der Waals surface area contributed by atoms with Crippen molar-refractivity contribution in [3.05, 3.63) is 12.4 Å². The molecule has 5 nitrogen and oxygen atoms in total. The van der Waals surface area contributed by atoms with Crippen molar-refractivity contribution in [2.24, 2.45) is 0 Å². The Morgan fingerprint density at radius 3 is 2.68 bits per heavy atom. The molecule has 0 spiro atoms. The molecular weight excluding hydrogens is 238 g/mol. The van der Waals surface area contributed by atoms with Crippen LogP contribution >= 0.6 is 0 Å². The van der Waals surface area contributed by atoms with E-state index in [1.54, 1.807) is 6.20 Å². The largest absolute Gasteiger partial charge is 0.369 e. The van der Waals surface area contributed by atoms with Crippen LogP contribution in [0.15, 0.2) is 12.4 Å². The molecule has 1 N–H and O–H groups in total. The Kier molecular flexibility index (Phi) is 3.82. The maximum absolute atomic E-state index is 4.65. The molecule has 1 aliphatic carbocycles. The summed E-state index contributed by atoms with van der Waals surface area (Å²) in [5, 5.41) is 3.30. The first kappa shape index (κ1) is 12.7. The second-order valence-electron chi connectivity index (χ2n) is 5.44. The van der Waals surface area contributed by atoms with Crippen LogP contribution in [0.5, 0.6) is 0 Å². The zero-order valence-corrected chi connectivity index (χ0v) is 11.7. The first-order valence-corrected chi connectivity index (χ1v) is 7.41. The molecule has 0 radical (unpaired) electrons. The summed E-state index contributed by atoms with van der Waals surface area (Å²) in [6.45, 7) is 7.58. The lowest BCUT2D eigenvalue weighted by Gasteiger charge is -2.35. The lowest BCUT2D eigenvalue weighted by Crippen LogP contribution is -2.47. The van der Waals surface area contributed by atoms with Gasteiger partial charge in [0, 0.05) is 38.8 Å². The highest BCUT2D eigenvalue weighted by Crippen LogP contribution is 2.28. The maximum Gasteiger partial charge on any atom is 0.149 e. The van der Waals surface area contributed by atoms with Crippen molar-refractivity contribution < 1.29 is 0 Å². The van der Waals surface area contributed by atoms with Gasteiger partial charge in [-0.1, -0.05) is 6.92 Å². The Balaban J connectivity index is 1.59. The summed E-state index contributed by atoms with van der Waals surface area (Å²) in [5.74, 6) is 1.90. The lowest BCUT2D eigenvalue weighted by atomic mass is 10.3. The number of nitrogens with zero attached hydrogens (tertiary/aromatic N) is 4. The van der Waals surface area contributed by atoms with Gasteiger partial charge in [0.2, 0.25) is 0 Å². The van der Waals surface area contributed by atoms with Gasteiger partial charge in [-0.3, -0.25) is 9.88 Å². The highest BCUT2D eigenvalue weighted by atomic mass is 15.3. The van der Waals surface area contributed by atoms with E-state index in [9.17, 15) is 0 Å². The van der Waals surface area contributed by atoms with Gasteiger partial charge in [-0.15, -0.1) is 0 Å². The quantitative estimate of drug-likeness (QED) is 0.872. The summed E-state index contributed by atoms with van der Waals surface area (Å²) in [6.07, 6.45) is 7.59. The highest BCUT2D eigenvalue weighted by molar-refractivity contribution is 5.44.